The monoisotopic (exact) mass is 398 g/mol. The number of fused-ring (bicyclic) bond motifs is 1. The standard InChI is InChI=1S/C19H23FN8O/c1-2-28-19-17(24-25-28)18(22-13-23-19)27-9-7-26(8-10-27)12-16(29)21-11-14-3-5-15(20)6-4-14/h3-6,13H,2,7-12H2,1H3,(H,21,29). The van der Waals surface area contributed by atoms with Crippen molar-refractivity contribution in [2.24, 2.45) is 0 Å². The number of rotatable bonds is 6. The number of hydrogen-bond donors (Lipinski definition) is 1. The summed E-state index contributed by atoms with van der Waals surface area (Å²) in [6.07, 6.45) is 1.54. The molecule has 0 aliphatic carbocycles. The molecule has 0 atom stereocenters. The predicted molar refractivity (Wildman–Crippen MR) is 106 cm³/mol. The number of aryl methyl sites for hydroxylation is 1. The average molecular weight is 398 g/mol. The molecule has 2 aromatic heterocycles. The van der Waals surface area contributed by atoms with E-state index in [-0.39, 0.29) is 11.7 Å². The molecule has 1 N–H and O–H groups in total. The first-order valence-corrected chi connectivity index (χ1v) is 9.66. The van der Waals surface area contributed by atoms with Gasteiger partial charge in [0.2, 0.25) is 5.91 Å². The maximum absolute atomic E-state index is 12.9. The van der Waals surface area contributed by atoms with Crippen molar-refractivity contribution in [1.29, 1.82) is 0 Å². The van der Waals surface area contributed by atoms with Crippen molar-refractivity contribution in [2.45, 2.75) is 20.0 Å². The molecule has 0 unspecified atom stereocenters. The highest BCUT2D eigenvalue weighted by molar-refractivity contribution is 5.82. The van der Waals surface area contributed by atoms with Gasteiger partial charge >= 0.3 is 0 Å². The summed E-state index contributed by atoms with van der Waals surface area (Å²) in [6.45, 7) is 6.41. The largest absolute Gasteiger partial charge is 0.352 e. The summed E-state index contributed by atoms with van der Waals surface area (Å²) in [5.41, 5.74) is 2.32. The van der Waals surface area contributed by atoms with E-state index < -0.39 is 0 Å². The SMILES string of the molecule is CCn1nnc2c(N3CCN(CC(=O)NCc4ccc(F)cc4)CC3)ncnc21. The highest BCUT2D eigenvalue weighted by Gasteiger charge is 2.23. The van der Waals surface area contributed by atoms with E-state index in [2.05, 4.69) is 35.4 Å². The molecule has 1 amide bonds. The van der Waals surface area contributed by atoms with E-state index in [0.29, 0.717) is 25.2 Å². The molecule has 4 rings (SSSR count). The first-order valence-electron chi connectivity index (χ1n) is 9.66. The van der Waals surface area contributed by atoms with E-state index >= 15 is 0 Å². The fourth-order valence-electron chi connectivity index (χ4n) is 3.40. The average Bonchev–Trinajstić information content (AvgIpc) is 3.17. The first-order chi connectivity index (χ1) is 14.1. The molecule has 9 nitrogen and oxygen atoms in total. The number of piperazine rings is 1. The molecule has 1 fully saturated rings. The minimum Gasteiger partial charge on any atom is -0.352 e. The third kappa shape index (κ3) is 4.32. The second-order valence-electron chi connectivity index (χ2n) is 6.94. The number of halogens is 1. The van der Waals surface area contributed by atoms with Crippen LogP contribution in [0.15, 0.2) is 30.6 Å². The van der Waals surface area contributed by atoms with Crippen molar-refractivity contribution in [1.82, 2.24) is 35.2 Å². The number of carbonyl (C=O) groups is 1. The van der Waals surface area contributed by atoms with Gasteiger partial charge in [-0.25, -0.2) is 19.0 Å². The number of carbonyl (C=O) groups excluding carboxylic acids is 1. The third-order valence-corrected chi connectivity index (χ3v) is 5.02. The van der Waals surface area contributed by atoms with Crippen molar-refractivity contribution in [3.05, 3.63) is 42.0 Å². The van der Waals surface area contributed by atoms with Crippen molar-refractivity contribution in [3.63, 3.8) is 0 Å². The van der Waals surface area contributed by atoms with Crippen LogP contribution in [0.25, 0.3) is 11.2 Å². The molecular weight excluding hydrogens is 375 g/mol. The zero-order chi connectivity index (χ0) is 20.2. The molecule has 1 aromatic carbocycles. The zero-order valence-corrected chi connectivity index (χ0v) is 16.3. The number of aromatic nitrogens is 5. The fourth-order valence-corrected chi connectivity index (χ4v) is 3.40. The summed E-state index contributed by atoms with van der Waals surface area (Å²) in [6, 6.07) is 6.13. The molecule has 1 aliphatic heterocycles. The molecule has 0 bridgehead atoms. The second-order valence-corrected chi connectivity index (χ2v) is 6.94. The van der Waals surface area contributed by atoms with Crippen LogP contribution in [0.3, 0.4) is 0 Å². The van der Waals surface area contributed by atoms with Gasteiger partial charge in [0.15, 0.2) is 17.0 Å². The van der Waals surface area contributed by atoms with Crippen LogP contribution in [0.4, 0.5) is 10.2 Å². The number of nitrogens with zero attached hydrogens (tertiary/aromatic N) is 7. The molecule has 10 heteroatoms. The van der Waals surface area contributed by atoms with Gasteiger partial charge in [0.1, 0.15) is 12.1 Å². The van der Waals surface area contributed by atoms with Gasteiger partial charge < -0.3 is 10.2 Å². The normalized spacial score (nSPS) is 15.0. The lowest BCUT2D eigenvalue weighted by Crippen LogP contribution is -2.49. The van der Waals surface area contributed by atoms with Gasteiger partial charge in [-0.1, -0.05) is 17.3 Å². The maximum Gasteiger partial charge on any atom is 0.234 e. The molecule has 29 heavy (non-hydrogen) atoms. The third-order valence-electron chi connectivity index (χ3n) is 5.02. The first kappa shape index (κ1) is 19.2. The van der Waals surface area contributed by atoms with E-state index in [0.717, 1.165) is 43.2 Å². The van der Waals surface area contributed by atoms with Crippen LogP contribution in [0.5, 0.6) is 0 Å². The number of benzene rings is 1. The Labute approximate surface area is 167 Å². The summed E-state index contributed by atoms with van der Waals surface area (Å²) < 4.78 is 14.7. The van der Waals surface area contributed by atoms with Gasteiger partial charge in [0.25, 0.3) is 0 Å². The van der Waals surface area contributed by atoms with Crippen molar-refractivity contribution in [2.75, 3.05) is 37.6 Å². The van der Waals surface area contributed by atoms with Crippen molar-refractivity contribution >= 4 is 22.9 Å². The van der Waals surface area contributed by atoms with Gasteiger partial charge in [-0.15, -0.1) is 5.10 Å². The number of hydrogen-bond acceptors (Lipinski definition) is 7. The smallest absolute Gasteiger partial charge is 0.234 e. The van der Waals surface area contributed by atoms with E-state index in [1.807, 2.05) is 6.92 Å². The van der Waals surface area contributed by atoms with Gasteiger partial charge in [-0.3, -0.25) is 9.69 Å². The summed E-state index contributed by atoms with van der Waals surface area (Å²) in [4.78, 5) is 25.2. The maximum atomic E-state index is 12.9. The quantitative estimate of drug-likeness (QED) is 0.657. The van der Waals surface area contributed by atoms with Crippen molar-refractivity contribution in [3.8, 4) is 0 Å². The molecule has 0 saturated carbocycles. The molecule has 0 spiro atoms. The van der Waals surface area contributed by atoms with Gasteiger partial charge in [0, 0.05) is 39.3 Å². The van der Waals surface area contributed by atoms with Crippen LogP contribution in [-0.4, -0.2) is 68.5 Å². The Kier molecular flexibility index (Phi) is 5.61. The van der Waals surface area contributed by atoms with E-state index in [1.54, 1.807) is 23.1 Å². The number of nitrogens with one attached hydrogen (secondary N) is 1. The second kappa shape index (κ2) is 8.48. The molecule has 1 saturated heterocycles. The van der Waals surface area contributed by atoms with Crippen LogP contribution >= 0.6 is 0 Å². The highest BCUT2D eigenvalue weighted by Crippen LogP contribution is 2.21. The number of anilines is 1. The molecule has 152 valence electrons. The lowest BCUT2D eigenvalue weighted by molar-refractivity contribution is -0.122. The highest BCUT2D eigenvalue weighted by atomic mass is 19.1. The Hall–Kier alpha value is -3.14. The van der Waals surface area contributed by atoms with Gasteiger partial charge in [-0.05, 0) is 24.6 Å². The van der Waals surface area contributed by atoms with Crippen LogP contribution in [-0.2, 0) is 17.9 Å². The summed E-state index contributed by atoms with van der Waals surface area (Å²) in [5.74, 6) is 0.462. The Morgan fingerprint density at radius 3 is 2.62 bits per heavy atom. The predicted octanol–water partition coefficient (Wildman–Crippen LogP) is 0.819. The Morgan fingerprint density at radius 2 is 1.90 bits per heavy atom. The lowest BCUT2D eigenvalue weighted by atomic mass is 10.2. The van der Waals surface area contributed by atoms with Crippen molar-refractivity contribution < 1.29 is 9.18 Å². The molecule has 3 heterocycles. The minimum absolute atomic E-state index is 0.0434. The topological polar surface area (TPSA) is 92.1 Å². The minimum atomic E-state index is -0.281. The van der Waals surface area contributed by atoms with Crippen LogP contribution in [0.2, 0.25) is 0 Å². The lowest BCUT2D eigenvalue weighted by Gasteiger charge is -2.34. The summed E-state index contributed by atoms with van der Waals surface area (Å²) in [5, 5.41) is 11.2. The molecule has 1 aliphatic rings. The van der Waals surface area contributed by atoms with E-state index in [9.17, 15) is 9.18 Å². The molecule has 0 radical (unpaired) electrons. The van der Waals surface area contributed by atoms with Crippen LogP contribution < -0.4 is 10.2 Å². The van der Waals surface area contributed by atoms with Gasteiger partial charge in [-0.2, -0.15) is 0 Å². The molecular formula is C19H23FN8O. The Bertz CT molecular complexity index is 982. The van der Waals surface area contributed by atoms with E-state index in [1.165, 1.54) is 12.1 Å². The summed E-state index contributed by atoms with van der Waals surface area (Å²) >= 11 is 0. The Morgan fingerprint density at radius 1 is 1.14 bits per heavy atom. The van der Waals surface area contributed by atoms with Gasteiger partial charge in [0.05, 0.1) is 6.54 Å². The fraction of sp³-hybridized carbons (Fsp3) is 0.421. The Balaban J connectivity index is 1.30. The van der Waals surface area contributed by atoms with E-state index in [4.69, 9.17) is 0 Å². The zero-order valence-electron chi connectivity index (χ0n) is 16.3. The molecule has 3 aromatic rings. The van der Waals surface area contributed by atoms with Crippen LogP contribution in [0, 0.1) is 5.82 Å². The number of amides is 1. The summed E-state index contributed by atoms with van der Waals surface area (Å²) in [7, 11) is 0. The van der Waals surface area contributed by atoms with Crippen LogP contribution in [0.1, 0.15) is 12.5 Å².